The van der Waals surface area contributed by atoms with Gasteiger partial charge < -0.3 is 10.0 Å². The van der Waals surface area contributed by atoms with Gasteiger partial charge in [0.1, 0.15) is 0 Å². The maximum absolute atomic E-state index is 12.6. The SMILES string of the molecule is Cc1n[nH]c(C)c1CC(=O)N1Cc2ccccc2C(C(=O)O)C1. The zero-order valence-corrected chi connectivity index (χ0v) is 13.2. The number of nitrogens with one attached hydrogen (secondary N) is 1. The van der Waals surface area contributed by atoms with Gasteiger partial charge in [-0.1, -0.05) is 24.3 Å². The van der Waals surface area contributed by atoms with Gasteiger partial charge in [0, 0.05) is 24.3 Å². The number of carboxylic acid groups (broad SMARTS) is 1. The molecular weight excluding hydrogens is 294 g/mol. The number of hydrogen-bond donors (Lipinski definition) is 2. The molecule has 6 heteroatoms. The lowest BCUT2D eigenvalue weighted by molar-refractivity contribution is -0.141. The van der Waals surface area contributed by atoms with Crippen LogP contribution in [0.2, 0.25) is 0 Å². The van der Waals surface area contributed by atoms with Gasteiger partial charge in [0.2, 0.25) is 5.91 Å². The predicted octanol–water partition coefficient (Wildman–Crippen LogP) is 1.78. The highest BCUT2D eigenvalue weighted by Crippen LogP contribution is 2.29. The van der Waals surface area contributed by atoms with Crippen molar-refractivity contribution in [3.05, 3.63) is 52.3 Å². The van der Waals surface area contributed by atoms with Crippen LogP contribution in [0.5, 0.6) is 0 Å². The molecule has 23 heavy (non-hydrogen) atoms. The molecule has 120 valence electrons. The van der Waals surface area contributed by atoms with Crippen LogP contribution >= 0.6 is 0 Å². The van der Waals surface area contributed by atoms with Crippen LogP contribution in [0.4, 0.5) is 0 Å². The van der Waals surface area contributed by atoms with Crippen molar-refractivity contribution in [2.24, 2.45) is 0 Å². The molecule has 0 spiro atoms. The maximum atomic E-state index is 12.6. The Morgan fingerprint density at radius 1 is 1.35 bits per heavy atom. The van der Waals surface area contributed by atoms with Gasteiger partial charge >= 0.3 is 5.97 Å². The Labute approximate surface area is 134 Å². The van der Waals surface area contributed by atoms with E-state index in [2.05, 4.69) is 10.2 Å². The Balaban J connectivity index is 1.84. The molecular formula is C17H19N3O3. The van der Waals surface area contributed by atoms with Crippen molar-refractivity contribution in [1.29, 1.82) is 0 Å². The summed E-state index contributed by atoms with van der Waals surface area (Å²) in [6.07, 6.45) is 0.239. The van der Waals surface area contributed by atoms with Crippen LogP contribution in [0.15, 0.2) is 24.3 Å². The molecule has 0 radical (unpaired) electrons. The van der Waals surface area contributed by atoms with Crippen LogP contribution in [-0.2, 0) is 22.6 Å². The van der Waals surface area contributed by atoms with Crippen LogP contribution in [-0.4, -0.2) is 38.6 Å². The van der Waals surface area contributed by atoms with Crippen LogP contribution in [0.25, 0.3) is 0 Å². The number of carbonyl (C=O) groups is 2. The number of aryl methyl sites for hydroxylation is 2. The van der Waals surface area contributed by atoms with E-state index in [9.17, 15) is 14.7 Å². The molecule has 0 fully saturated rings. The Bertz CT molecular complexity index is 747. The van der Waals surface area contributed by atoms with E-state index >= 15 is 0 Å². The van der Waals surface area contributed by atoms with Crippen molar-refractivity contribution in [1.82, 2.24) is 15.1 Å². The van der Waals surface area contributed by atoms with E-state index in [-0.39, 0.29) is 18.9 Å². The lowest BCUT2D eigenvalue weighted by atomic mass is 9.89. The summed E-state index contributed by atoms with van der Waals surface area (Å²) in [4.78, 5) is 25.8. The standard InChI is InChI=1S/C17H19N3O3/c1-10-14(11(2)19-18-10)7-16(21)20-8-12-5-3-4-6-13(12)15(9-20)17(22)23/h3-6,15H,7-9H2,1-2H3,(H,18,19)(H,22,23). The van der Waals surface area contributed by atoms with Crippen LogP contribution in [0, 0.1) is 13.8 Å². The van der Waals surface area contributed by atoms with E-state index in [1.165, 1.54) is 0 Å². The van der Waals surface area contributed by atoms with Crippen molar-refractivity contribution in [2.75, 3.05) is 6.54 Å². The molecule has 3 rings (SSSR count). The van der Waals surface area contributed by atoms with Crippen molar-refractivity contribution >= 4 is 11.9 Å². The molecule has 0 saturated carbocycles. The monoisotopic (exact) mass is 313 g/mol. The fraction of sp³-hybridized carbons (Fsp3) is 0.353. The number of aromatic nitrogens is 2. The molecule has 6 nitrogen and oxygen atoms in total. The number of fused-ring (bicyclic) bond motifs is 1. The fourth-order valence-electron chi connectivity index (χ4n) is 3.11. The number of rotatable bonds is 3. The van der Waals surface area contributed by atoms with Gasteiger partial charge in [-0.25, -0.2) is 0 Å². The fourth-order valence-corrected chi connectivity index (χ4v) is 3.11. The molecule has 1 amide bonds. The average Bonchev–Trinajstić information content (AvgIpc) is 2.85. The van der Waals surface area contributed by atoms with Crippen molar-refractivity contribution in [3.63, 3.8) is 0 Å². The van der Waals surface area contributed by atoms with Gasteiger partial charge in [0.15, 0.2) is 0 Å². The first kappa shape index (κ1) is 15.3. The van der Waals surface area contributed by atoms with E-state index in [4.69, 9.17) is 0 Å². The summed E-state index contributed by atoms with van der Waals surface area (Å²) in [5, 5.41) is 16.5. The molecule has 0 aliphatic carbocycles. The summed E-state index contributed by atoms with van der Waals surface area (Å²) in [6, 6.07) is 7.43. The number of benzene rings is 1. The largest absolute Gasteiger partial charge is 0.481 e. The first-order valence-electron chi connectivity index (χ1n) is 7.56. The minimum atomic E-state index is -0.898. The Morgan fingerprint density at radius 3 is 2.74 bits per heavy atom. The molecule has 2 N–H and O–H groups in total. The molecule has 0 bridgehead atoms. The van der Waals surface area contributed by atoms with Gasteiger partial charge in [-0.15, -0.1) is 0 Å². The van der Waals surface area contributed by atoms with Crippen molar-refractivity contribution in [3.8, 4) is 0 Å². The van der Waals surface area contributed by atoms with E-state index in [1.807, 2.05) is 38.1 Å². The minimum absolute atomic E-state index is 0.0710. The van der Waals surface area contributed by atoms with Crippen LogP contribution in [0.1, 0.15) is 34.0 Å². The molecule has 1 aromatic carbocycles. The van der Waals surface area contributed by atoms with Crippen molar-refractivity contribution < 1.29 is 14.7 Å². The average molecular weight is 313 g/mol. The van der Waals surface area contributed by atoms with Gasteiger partial charge in [0.25, 0.3) is 0 Å². The third-order valence-corrected chi connectivity index (χ3v) is 4.45. The smallest absolute Gasteiger partial charge is 0.312 e. The molecule has 1 aromatic heterocycles. The highest BCUT2D eigenvalue weighted by molar-refractivity contribution is 5.83. The molecule has 1 unspecified atom stereocenters. The predicted molar refractivity (Wildman–Crippen MR) is 84.0 cm³/mol. The van der Waals surface area contributed by atoms with Crippen LogP contribution < -0.4 is 0 Å². The number of H-pyrrole nitrogens is 1. The topological polar surface area (TPSA) is 86.3 Å². The molecule has 1 aliphatic rings. The number of hydrogen-bond acceptors (Lipinski definition) is 3. The van der Waals surface area contributed by atoms with E-state index in [1.54, 1.807) is 4.90 Å². The number of nitrogens with zero attached hydrogens (tertiary/aromatic N) is 2. The highest BCUT2D eigenvalue weighted by atomic mass is 16.4. The van der Waals surface area contributed by atoms with Gasteiger partial charge in [0.05, 0.1) is 18.0 Å². The number of carboxylic acids is 1. The summed E-state index contributed by atoms with van der Waals surface area (Å²) in [5.41, 5.74) is 4.28. The zero-order chi connectivity index (χ0) is 16.6. The quantitative estimate of drug-likeness (QED) is 0.904. The Morgan fingerprint density at radius 2 is 2.09 bits per heavy atom. The zero-order valence-electron chi connectivity index (χ0n) is 13.2. The van der Waals surface area contributed by atoms with E-state index < -0.39 is 11.9 Å². The molecule has 2 aromatic rings. The number of aromatic amines is 1. The minimum Gasteiger partial charge on any atom is -0.481 e. The van der Waals surface area contributed by atoms with E-state index in [0.717, 1.165) is 28.1 Å². The third-order valence-electron chi connectivity index (χ3n) is 4.45. The second-order valence-electron chi connectivity index (χ2n) is 5.95. The van der Waals surface area contributed by atoms with Gasteiger partial charge in [-0.3, -0.25) is 14.7 Å². The molecule has 1 atom stereocenters. The molecule has 2 heterocycles. The Kier molecular flexibility index (Phi) is 3.90. The number of aliphatic carboxylic acids is 1. The highest BCUT2D eigenvalue weighted by Gasteiger charge is 2.32. The molecule has 1 aliphatic heterocycles. The lowest BCUT2D eigenvalue weighted by Gasteiger charge is -2.33. The summed E-state index contributed by atoms with van der Waals surface area (Å²) < 4.78 is 0. The maximum Gasteiger partial charge on any atom is 0.312 e. The number of amides is 1. The van der Waals surface area contributed by atoms with Gasteiger partial charge in [-0.2, -0.15) is 5.10 Å². The first-order valence-corrected chi connectivity index (χ1v) is 7.56. The second kappa shape index (κ2) is 5.87. The summed E-state index contributed by atoms with van der Waals surface area (Å²) in [5.74, 6) is -1.64. The third kappa shape index (κ3) is 2.84. The van der Waals surface area contributed by atoms with Crippen molar-refractivity contribution in [2.45, 2.75) is 32.7 Å². The number of carbonyl (C=O) groups excluding carboxylic acids is 1. The lowest BCUT2D eigenvalue weighted by Crippen LogP contribution is -2.41. The normalized spacial score (nSPS) is 17.0. The van der Waals surface area contributed by atoms with Crippen LogP contribution in [0.3, 0.4) is 0 Å². The molecule has 0 saturated heterocycles. The second-order valence-corrected chi connectivity index (χ2v) is 5.95. The summed E-state index contributed by atoms with van der Waals surface area (Å²) >= 11 is 0. The van der Waals surface area contributed by atoms with Gasteiger partial charge in [-0.05, 0) is 25.0 Å². The summed E-state index contributed by atoms with van der Waals surface area (Å²) in [6.45, 7) is 4.40. The first-order chi connectivity index (χ1) is 11.0. The van der Waals surface area contributed by atoms with E-state index in [0.29, 0.717) is 6.54 Å². The summed E-state index contributed by atoms with van der Waals surface area (Å²) in [7, 11) is 0. The Hall–Kier alpha value is -2.63.